The molecule has 0 saturated carbocycles. The summed E-state index contributed by atoms with van der Waals surface area (Å²) >= 11 is 5.84. The van der Waals surface area contributed by atoms with Gasteiger partial charge in [-0.25, -0.2) is 8.42 Å². The highest BCUT2D eigenvalue weighted by Gasteiger charge is 2.31. The van der Waals surface area contributed by atoms with Gasteiger partial charge in [0, 0.05) is 30.6 Å². The average molecular weight is 437 g/mol. The first-order valence-corrected chi connectivity index (χ1v) is 11.4. The highest BCUT2D eigenvalue weighted by Crippen LogP contribution is 2.25. The van der Waals surface area contributed by atoms with E-state index in [1.54, 1.807) is 19.2 Å². The molecule has 2 aromatic carbocycles. The molecule has 1 aliphatic heterocycles. The Labute approximate surface area is 176 Å². The number of hydrogen-bond acceptors (Lipinski definition) is 4. The number of carbonyl (C=O) groups is 1. The molecule has 2 aromatic rings. The molecular formula is C21H25ClN2O4S. The van der Waals surface area contributed by atoms with Gasteiger partial charge in [0.25, 0.3) is 0 Å². The largest absolute Gasteiger partial charge is 0.497 e. The van der Waals surface area contributed by atoms with Gasteiger partial charge in [-0.2, -0.15) is 4.31 Å². The van der Waals surface area contributed by atoms with Crippen molar-refractivity contribution < 1.29 is 17.9 Å². The molecule has 1 aliphatic rings. The predicted octanol–water partition coefficient (Wildman–Crippen LogP) is 3.11. The monoisotopic (exact) mass is 436 g/mol. The molecule has 29 heavy (non-hydrogen) atoms. The summed E-state index contributed by atoms with van der Waals surface area (Å²) in [4.78, 5) is 12.7. The minimum absolute atomic E-state index is 0.0120. The minimum Gasteiger partial charge on any atom is -0.497 e. The third-order valence-electron chi connectivity index (χ3n) is 5.15. The van der Waals surface area contributed by atoms with Gasteiger partial charge < -0.3 is 10.1 Å². The average Bonchev–Trinajstić information content (AvgIpc) is 2.74. The quantitative estimate of drug-likeness (QED) is 0.723. The number of nitrogens with zero attached hydrogens (tertiary/aromatic N) is 1. The number of piperidine rings is 1. The number of amides is 1. The van der Waals surface area contributed by atoms with E-state index < -0.39 is 10.0 Å². The highest BCUT2D eigenvalue weighted by atomic mass is 35.5. The van der Waals surface area contributed by atoms with E-state index in [1.807, 2.05) is 24.3 Å². The number of nitrogens with one attached hydrogen (secondary N) is 1. The van der Waals surface area contributed by atoms with E-state index in [4.69, 9.17) is 16.3 Å². The lowest BCUT2D eigenvalue weighted by molar-refractivity contribution is -0.126. The number of sulfonamides is 1. The van der Waals surface area contributed by atoms with Crippen molar-refractivity contribution in [3.63, 3.8) is 0 Å². The summed E-state index contributed by atoms with van der Waals surface area (Å²) in [6.07, 6.45) is 1.77. The maximum Gasteiger partial charge on any atom is 0.243 e. The van der Waals surface area contributed by atoms with Crippen LogP contribution in [0.1, 0.15) is 18.4 Å². The fraction of sp³-hybridized carbons (Fsp3) is 0.381. The molecule has 0 unspecified atom stereocenters. The number of rotatable bonds is 7. The maximum absolute atomic E-state index is 12.7. The zero-order valence-corrected chi connectivity index (χ0v) is 17.9. The second-order valence-corrected chi connectivity index (χ2v) is 9.40. The van der Waals surface area contributed by atoms with Gasteiger partial charge >= 0.3 is 0 Å². The lowest BCUT2D eigenvalue weighted by atomic mass is 9.97. The van der Waals surface area contributed by atoms with Crippen LogP contribution in [0.25, 0.3) is 0 Å². The predicted molar refractivity (Wildman–Crippen MR) is 113 cm³/mol. The summed E-state index contributed by atoms with van der Waals surface area (Å²) in [6.45, 7) is 1.22. The van der Waals surface area contributed by atoms with Gasteiger partial charge in [0.2, 0.25) is 15.9 Å². The second-order valence-electron chi connectivity index (χ2n) is 7.02. The number of hydrogen-bond donors (Lipinski definition) is 1. The topological polar surface area (TPSA) is 75.7 Å². The Hall–Kier alpha value is -2.09. The third-order valence-corrected chi connectivity index (χ3v) is 7.31. The highest BCUT2D eigenvalue weighted by molar-refractivity contribution is 7.89. The van der Waals surface area contributed by atoms with E-state index in [-0.39, 0.29) is 16.7 Å². The van der Waals surface area contributed by atoms with Crippen LogP contribution in [-0.2, 0) is 21.2 Å². The van der Waals surface area contributed by atoms with Gasteiger partial charge in [0.1, 0.15) is 5.75 Å². The number of methoxy groups -OCH3 is 1. The number of carbonyl (C=O) groups excluding carboxylic acids is 1. The van der Waals surface area contributed by atoms with Crippen molar-refractivity contribution in [2.75, 3.05) is 26.7 Å². The van der Waals surface area contributed by atoms with Crippen LogP contribution >= 0.6 is 11.6 Å². The second kappa shape index (κ2) is 9.61. The van der Waals surface area contributed by atoms with Crippen LogP contribution in [-0.4, -0.2) is 45.4 Å². The normalized spacial score (nSPS) is 15.8. The van der Waals surface area contributed by atoms with Crippen LogP contribution in [0, 0.1) is 5.92 Å². The Kier molecular flexibility index (Phi) is 7.16. The van der Waals surface area contributed by atoms with Crippen molar-refractivity contribution in [1.29, 1.82) is 0 Å². The molecule has 156 valence electrons. The molecule has 0 spiro atoms. The minimum atomic E-state index is -3.55. The fourth-order valence-corrected chi connectivity index (χ4v) is 4.98. The van der Waals surface area contributed by atoms with Crippen LogP contribution < -0.4 is 10.1 Å². The molecule has 0 radical (unpaired) electrons. The summed E-state index contributed by atoms with van der Waals surface area (Å²) in [7, 11) is -1.93. The van der Waals surface area contributed by atoms with E-state index >= 15 is 0 Å². The summed E-state index contributed by atoms with van der Waals surface area (Å²) in [5.74, 6) is 0.627. The van der Waals surface area contributed by atoms with Gasteiger partial charge in [-0.1, -0.05) is 23.7 Å². The fourth-order valence-electron chi connectivity index (χ4n) is 3.38. The molecule has 1 fully saturated rings. The zero-order chi connectivity index (χ0) is 20.9. The Bertz CT molecular complexity index is 922. The van der Waals surface area contributed by atoms with Gasteiger partial charge in [0.15, 0.2) is 0 Å². The Morgan fingerprint density at radius 1 is 1.10 bits per heavy atom. The smallest absolute Gasteiger partial charge is 0.243 e. The molecule has 1 heterocycles. The van der Waals surface area contributed by atoms with Crippen molar-refractivity contribution >= 4 is 27.5 Å². The van der Waals surface area contributed by atoms with Crippen molar-refractivity contribution in [3.8, 4) is 5.75 Å². The lowest BCUT2D eigenvalue weighted by Crippen LogP contribution is -2.43. The van der Waals surface area contributed by atoms with Crippen LogP contribution in [0.5, 0.6) is 5.75 Å². The number of benzene rings is 2. The van der Waals surface area contributed by atoms with Crippen LogP contribution in [0.3, 0.4) is 0 Å². The zero-order valence-electron chi connectivity index (χ0n) is 16.3. The standard InChI is InChI=1S/C21H25ClN2O4S/c1-28-19-6-2-16(3-7-19)10-13-23-21(25)17-11-14-24(15-12-17)29(26,27)20-8-4-18(22)5-9-20/h2-9,17H,10-15H2,1H3,(H,23,25). The first kappa shape index (κ1) is 21.6. The molecule has 1 N–H and O–H groups in total. The molecule has 0 atom stereocenters. The van der Waals surface area contributed by atoms with E-state index in [0.717, 1.165) is 17.7 Å². The summed E-state index contributed by atoms with van der Waals surface area (Å²) in [6, 6.07) is 13.9. The molecule has 0 bridgehead atoms. The molecular weight excluding hydrogens is 412 g/mol. The van der Waals surface area contributed by atoms with E-state index in [2.05, 4.69) is 5.32 Å². The van der Waals surface area contributed by atoms with E-state index in [1.165, 1.54) is 16.4 Å². The summed E-state index contributed by atoms with van der Waals surface area (Å²) in [5, 5.41) is 3.46. The van der Waals surface area contributed by atoms with Crippen molar-refractivity contribution in [1.82, 2.24) is 9.62 Å². The van der Waals surface area contributed by atoms with Crippen LogP contribution in [0.15, 0.2) is 53.4 Å². The van der Waals surface area contributed by atoms with Gasteiger partial charge in [-0.15, -0.1) is 0 Å². The van der Waals surface area contributed by atoms with Crippen LogP contribution in [0.2, 0.25) is 5.02 Å². The van der Waals surface area contributed by atoms with Gasteiger partial charge in [-0.3, -0.25) is 4.79 Å². The Balaban J connectivity index is 1.47. The van der Waals surface area contributed by atoms with Gasteiger partial charge in [-0.05, 0) is 61.2 Å². The van der Waals surface area contributed by atoms with Crippen LogP contribution in [0.4, 0.5) is 0 Å². The maximum atomic E-state index is 12.7. The summed E-state index contributed by atoms with van der Waals surface area (Å²) in [5.41, 5.74) is 1.12. The van der Waals surface area contributed by atoms with Crippen molar-refractivity contribution in [2.24, 2.45) is 5.92 Å². The number of ether oxygens (including phenoxy) is 1. The summed E-state index contributed by atoms with van der Waals surface area (Å²) < 4.78 is 32.0. The lowest BCUT2D eigenvalue weighted by Gasteiger charge is -2.30. The number of halogens is 1. The first-order valence-electron chi connectivity index (χ1n) is 9.56. The van der Waals surface area contributed by atoms with Crippen molar-refractivity contribution in [2.45, 2.75) is 24.2 Å². The molecule has 0 aromatic heterocycles. The molecule has 3 rings (SSSR count). The molecule has 1 saturated heterocycles. The molecule has 6 nitrogen and oxygen atoms in total. The van der Waals surface area contributed by atoms with Crippen molar-refractivity contribution in [3.05, 3.63) is 59.1 Å². The molecule has 1 amide bonds. The Morgan fingerprint density at radius 3 is 2.31 bits per heavy atom. The van der Waals surface area contributed by atoms with Gasteiger partial charge in [0.05, 0.1) is 12.0 Å². The molecule has 8 heteroatoms. The molecule has 0 aliphatic carbocycles. The Morgan fingerprint density at radius 2 is 1.72 bits per heavy atom. The SMILES string of the molecule is COc1ccc(CCNC(=O)C2CCN(S(=O)(=O)c3ccc(Cl)cc3)CC2)cc1. The van der Waals surface area contributed by atoms with E-state index in [0.29, 0.717) is 37.5 Å². The first-order chi connectivity index (χ1) is 13.9. The van der Waals surface area contributed by atoms with E-state index in [9.17, 15) is 13.2 Å². The third kappa shape index (κ3) is 5.50.